The summed E-state index contributed by atoms with van der Waals surface area (Å²) in [5, 5.41) is 4.97. The fraction of sp³-hybridized carbons (Fsp3) is 0.208. The summed E-state index contributed by atoms with van der Waals surface area (Å²) in [5.41, 5.74) is 4.17. The van der Waals surface area contributed by atoms with E-state index in [0.717, 1.165) is 18.7 Å². The predicted octanol–water partition coefficient (Wildman–Crippen LogP) is 3.84. The molecule has 142 valence electrons. The first-order valence-corrected chi connectivity index (χ1v) is 9.69. The Labute approximate surface area is 165 Å². The van der Waals surface area contributed by atoms with E-state index in [1.807, 2.05) is 36.4 Å². The molecule has 0 spiro atoms. The highest BCUT2D eigenvalue weighted by molar-refractivity contribution is 5.89. The summed E-state index contributed by atoms with van der Waals surface area (Å²) >= 11 is 0. The van der Waals surface area contributed by atoms with Gasteiger partial charge in [-0.2, -0.15) is 0 Å². The molecule has 1 N–H and O–H groups in total. The lowest BCUT2D eigenvalue weighted by molar-refractivity contribution is -0.115. The van der Waals surface area contributed by atoms with Crippen LogP contribution in [-0.4, -0.2) is 37.2 Å². The van der Waals surface area contributed by atoms with E-state index < -0.39 is 0 Å². The van der Waals surface area contributed by atoms with Crippen molar-refractivity contribution in [2.75, 3.05) is 26.2 Å². The van der Waals surface area contributed by atoms with E-state index in [1.165, 1.54) is 11.1 Å². The second kappa shape index (κ2) is 8.83. The van der Waals surface area contributed by atoms with Crippen LogP contribution in [0.15, 0.2) is 84.9 Å². The third-order valence-corrected chi connectivity index (χ3v) is 5.03. The monoisotopic (exact) mass is 372 g/mol. The minimum Gasteiger partial charge on any atom is -0.364 e. The number of hydroxylamine groups is 2. The first-order chi connectivity index (χ1) is 13.8. The molecule has 28 heavy (non-hydrogen) atoms. The van der Waals surface area contributed by atoms with Crippen LogP contribution in [0.1, 0.15) is 33.0 Å². The van der Waals surface area contributed by atoms with Crippen molar-refractivity contribution in [3.63, 3.8) is 0 Å². The third-order valence-electron chi connectivity index (χ3n) is 5.03. The average Bonchev–Trinajstić information content (AvgIpc) is 2.77. The zero-order valence-corrected chi connectivity index (χ0v) is 15.8. The fourth-order valence-electron chi connectivity index (χ4n) is 3.59. The molecule has 4 rings (SSSR count). The zero-order valence-electron chi connectivity index (χ0n) is 15.8. The van der Waals surface area contributed by atoms with Crippen LogP contribution in [0.2, 0.25) is 0 Å². The van der Waals surface area contributed by atoms with Crippen LogP contribution in [0.5, 0.6) is 0 Å². The van der Waals surface area contributed by atoms with Crippen molar-refractivity contribution in [2.45, 2.75) is 5.92 Å². The molecule has 3 aromatic carbocycles. The molecular weight excluding hydrogens is 348 g/mol. The molecule has 0 unspecified atom stereocenters. The van der Waals surface area contributed by atoms with Crippen molar-refractivity contribution in [3.05, 3.63) is 107 Å². The van der Waals surface area contributed by atoms with Crippen LogP contribution in [0.4, 0.5) is 0 Å². The van der Waals surface area contributed by atoms with Crippen LogP contribution in [0.25, 0.3) is 0 Å². The van der Waals surface area contributed by atoms with Gasteiger partial charge in [0.1, 0.15) is 0 Å². The van der Waals surface area contributed by atoms with Crippen LogP contribution in [0, 0.1) is 0 Å². The minimum atomic E-state index is -0.301. The number of nitrogens with one attached hydrogen (secondary N) is 1. The Morgan fingerprint density at radius 2 is 1.25 bits per heavy atom. The lowest BCUT2D eigenvalue weighted by atomic mass is 9.85. The molecule has 1 saturated heterocycles. The molecule has 1 fully saturated rings. The SMILES string of the molecule is O=C(ON1CCNCC1)c1ccc(C(c2ccccc2)c2ccccc2)cc1. The van der Waals surface area contributed by atoms with E-state index in [1.54, 1.807) is 5.06 Å². The van der Waals surface area contributed by atoms with E-state index in [9.17, 15) is 4.79 Å². The molecule has 4 heteroatoms. The normalized spacial score (nSPS) is 14.8. The van der Waals surface area contributed by atoms with E-state index in [4.69, 9.17) is 4.84 Å². The van der Waals surface area contributed by atoms with Gasteiger partial charge in [0.2, 0.25) is 0 Å². The smallest absolute Gasteiger partial charge is 0.357 e. The maximum atomic E-state index is 12.4. The molecule has 0 bridgehead atoms. The van der Waals surface area contributed by atoms with E-state index in [2.05, 4.69) is 53.8 Å². The summed E-state index contributed by atoms with van der Waals surface area (Å²) < 4.78 is 0. The molecule has 3 aromatic rings. The van der Waals surface area contributed by atoms with Crippen molar-refractivity contribution >= 4 is 5.97 Å². The molecule has 0 atom stereocenters. The largest absolute Gasteiger partial charge is 0.364 e. The average molecular weight is 372 g/mol. The van der Waals surface area contributed by atoms with Gasteiger partial charge in [0.05, 0.1) is 5.56 Å². The fourth-order valence-corrected chi connectivity index (χ4v) is 3.59. The Balaban J connectivity index is 1.57. The standard InChI is InChI=1S/C24H24N2O2/c27-24(28-26-17-15-25-16-18-26)22-13-11-21(12-14-22)23(19-7-3-1-4-8-19)20-9-5-2-6-10-20/h1-14,23,25H,15-18H2. The highest BCUT2D eigenvalue weighted by Gasteiger charge is 2.19. The molecule has 0 saturated carbocycles. The van der Waals surface area contributed by atoms with Gasteiger partial charge in [0.15, 0.2) is 0 Å². The van der Waals surface area contributed by atoms with Crippen molar-refractivity contribution in [1.29, 1.82) is 0 Å². The first kappa shape index (κ1) is 18.4. The second-order valence-corrected chi connectivity index (χ2v) is 6.93. The van der Waals surface area contributed by atoms with Crippen molar-refractivity contribution in [3.8, 4) is 0 Å². The number of benzene rings is 3. The lowest BCUT2D eigenvalue weighted by Crippen LogP contribution is -2.44. The van der Waals surface area contributed by atoms with Gasteiger partial charge in [-0.05, 0) is 28.8 Å². The van der Waals surface area contributed by atoms with Crippen LogP contribution >= 0.6 is 0 Å². The Kier molecular flexibility index (Phi) is 5.80. The number of piperazine rings is 1. The number of rotatable bonds is 5. The van der Waals surface area contributed by atoms with Crippen LogP contribution in [0.3, 0.4) is 0 Å². The third kappa shape index (κ3) is 4.30. The van der Waals surface area contributed by atoms with Crippen molar-refractivity contribution < 1.29 is 9.63 Å². The summed E-state index contributed by atoms with van der Waals surface area (Å²) in [5.74, 6) is -0.176. The van der Waals surface area contributed by atoms with Crippen LogP contribution in [-0.2, 0) is 4.84 Å². The quantitative estimate of drug-likeness (QED) is 0.691. The molecule has 0 radical (unpaired) electrons. The van der Waals surface area contributed by atoms with E-state index >= 15 is 0 Å². The predicted molar refractivity (Wildman–Crippen MR) is 110 cm³/mol. The van der Waals surface area contributed by atoms with Crippen LogP contribution < -0.4 is 5.32 Å². The molecular formula is C24H24N2O2. The number of carbonyl (C=O) groups excluding carboxylic acids is 1. The topological polar surface area (TPSA) is 41.6 Å². The molecule has 1 aliphatic heterocycles. The van der Waals surface area contributed by atoms with E-state index in [0.29, 0.717) is 18.7 Å². The zero-order chi connectivity index (χ0) is 19.2. The van der Waals surface area contributed by atoms with Gasteiger partial charge in [0, 0.05) is 32.1 Å². The van der Waals surface area contributed by atoms with Gasteiger partial charge in [-0.1, -0.05) is 72.8 Å². The minimum absolute atomic E-state index is 0.126. The van der Waals surface area contributed by atoms with Crippen molar-refractivity contribution in [2.24, 2.45) is 0 Å². The molecule has 4 nitrogen and oxygen atoms in total. The van der Waals surface area contributed by atoms with Gasteiger partial charge in [-0.3, -0.25) is 0 Å². The summed E-state index contributed by atoms with van der Waals surface area (Å²) in [4.78, 5) is 18.0. The highest BCUT2D eigenvalue weighted by atomic mass is 16.7. The Hall–Kier alpha value is -2.95. The summed E-state index contributed by atoms with van der Waals surface area (Å²) in [6.45, 7) is 3.10. The number of carbonyl (C=O) groups is 1. The molecule has 0 aromatic heterocycles. The molecule has 0 amide bonds. The number of hydrogen-bond donors (Lipinski definition) is 1. The van der Waals surface area contributed by atoms with Gasteiger partial charge in [0.25, 0.3) is 0 Å². The Morgan fingerprint density at radius 1 is 0.750 bits per heavy atom. The van der Waals surface area contributed by atoms with Gasteiger partial charge in [-0.15, -0.1) is 5.06 Å². The Bertz CT molecular complexity index is 849. The maximum absolute atomic E-state index is 12.4. The molecule has 1 heterocycles. The maximum Gasteiger partial charge on any atom is 0.357 e. The summed E-state index contributed by atoms with van der Waals surface area (Å²) in [7, 11) is 0. The van der Waals surface area contributed by atoms with Gasteiger partial charge < -0.3 is 10.2 Å². The van der Waals surface area contributed by atoms with Gasteiger partial charge >= 0.3 is 5.97 Å². The highest BCUT2D eigenvalue weighted by Crippen LogP contribution is 2.31. The van der Waals surface area contributed by atoms with E-state index in [-0.39, 0.29) is 11.9 Å². The van der Waals surface area contributed by atoms with Gasteiger partial charge in [-0.25, -0.2) is 4.79 Å². The number of hydrogen-bond acceptors (Lipinski definition) is 4. The van der Waals surface area contributed by atoms with Crippen molar-refractivity contribution in [1.82, 2.24) is 10.4 Å². The molecule has 1 aliphatic rings. The Morgan fingerprint density at radius 3 is 1.79 bits per heavy atom. The summed E-state index contributed by atoms with van der Waals surface area (Å²) in [6.07, 6.45) is 0. The number of nitrogens with zero attached hydrogens (tertiary/aromatic N) is 1. The summed E-state index contributed by atoms with van der Waals surface area (Å²) in [6, 6.07) is 28.6. The second-order valence-electron chi connectivity index (χ2n) is 6.93. The molecule has 0 aliphatic carbocycles. The first-order valence-electron chi connectivity index (χ1n) is 9.69. The lowest BCUT2D eigenvalue weighted by Gasteiger charge is -2.25.